The number of nitrogens with two attached hydrogens (primary N) is 1. The minimum absolute atomic E-state index is 0.136. The van der Waals surface area contributed by atoms with Crippen LogP contribution in [0.1, 0.15) is 31.0 Å². The monoisotopic (exact) mass is 404 g/mol. The minimum Gasteiger partial charge on any atom is -0.480 e. The summed E-state index contributed by atoms with van der Waals surface area (Å²) in [7, 11) is 1.32. The molecule has 160 valence electrons. The topological polar surface area (TPSA) is 182 Å². The zero-order chi connectivity index (χ0) is 20.7. The summed E-state index contributed by atoms with van der Waals surface area (Å²) < 4.78 is 17.0. The van der Waals surface area contributed by atoms with Crippen LogP contribution in [0.25, 0.3) is 0 Å². The number of carbonyl (C=O) groups is 1. The summed E-state index contributed by atoms with van der Waals surface area (Å²) in [6.07, 6.45) is -2.57. The van der Waals surface area contributed by atoms with Crippen LogP contribution >= 0.6 is 0 Å². The predicted molar refractivity (Wildman–Crippen MR) is 92.9 cm³/mol. The van der Waals surface area contributed by atoms with Crippen molar-refractivity contribution >= 4 is 5.97 Å². The van der Waals surface area contributed by atoms with Crippen LogP contribution in [0.5, 0.6) is 0 Å². The number of carboxylic acid groups (broad SMARTS) is 1. The number of hydrogen-bond donors (Lipinski definition) is 5. The molecule has 0 radical (unpaired) electrons. The fourth-order valence-electron chi connectivity index (χ4n) is 3.01. The van der Waals surface area contributed by atoms with E-state index < -0.39 is 49.3 Å². The summed E-state index contributed by atoms with van der Waals surface area (Å²) in [6.45, 7) is -0.134. The van der Waals surface area contributed by atoms with Crippen LogP contribution in [0.4, 0.5) is 0 Å². The average molecular weight is 404 g/mol. The quantitative estimate of drug-likeness (QED) is 0.257. The van der Waals surface area contributed by atoms with Gasteiger partial charge in [0.05, 0.1) is 19.4 Å². The molecule has 12 nitrogen and oxygen atoms in total. The van der Waals surface area contributed by atoms with E-state index in [1.165, 1.54) is 18.0 Å². The Morgan fingerprint density at radius 1 is 1.39 bits per heavy atom. The highest BCUT2D eigenvalue weighted by Gasteiger charge is 2.45. The van der Waals surface area contributed by atoms with Crippen molar-refractivity contribution in [2.75, 3.05) is 20.3 Å². The Bertz CT molecular complexity index is 599. The highest BCUT2D eigenvalue weighted by atomic mass is 16.7. The van der Waals surface area contributed by atoms with Gasteiger partial charge in [0.1, 0.15) is 30.1 Å². The van der Waals surface area contributed by atoms with Crippen molar-refractivity contribution in [3.8, 4) is 0 Å². The van der Waals surface area contributed by atoms with E-state index in [0.717, 1.165) is 0 Å². The number of aliphatic hydroxyl groups excluding tert-OH is 3. The Labute approximate surface area is 161 Å². The number of aliphatic hydroxyl groups is 3. The molecular formula is C16H28N4O8. The minimum atomic E-state index is -1.29. The molecule has 1 fully saturated rings. The number of nitrogens with zero attached hydrogens (tertiary/aromatic N) is 3. The van der Waals surface area contributed by atoms with Crippen LogP contribution in [0.2, 0.25) is 0 Å². The second-order valence-corrected chi connectivity index (χ2v) is 6.55. The number of aromatic nitrogens is 3. The van der Waals surface area contributed by atoms with Crippen LogP contribution in [-0.2, 0) is 25.6 Å². The van der Waals surface area contributed by atoms with Crippen molar-refractivity contribution < 1.29 is 39.4 Å². The smallest absolute Gasteiger partial charge is 0.328 e. The van der Waals surface area contributed by atoms with E-state index in [0.29, 0.717) is 31.5 Å². The summed E-state index contributed by atoms with van der Waals surface area (Å²) in [4.78, 5) is 11.5. The van der Waals surface area contributed by atoms with Gasteiger partial charge in [-0.1, -0.05) is 5.21 Å². The molecule has 1 aromatic rings. The van der Waals surface area contributed by atoms with Gasteiger partial charge in [-0.25, -0.2) is 9.48 Å². The summed E-state index contributed by atoms with van der Waals surface area (Å²) in [5.41, 5.74) is 5.76. The normalized spacial score (nSPS) is 29.0. The van der Waals surface area contributed by atoms with Crippen LogP contribution in [-0.4, -0.2) is 92.4 Å². The molecule has 0 aromatic carbocycles. The molecule has 0 spiro atoms. The highest BCUT2D eigenvalue weighted by molar-refractivity contribution is 5.71. The zero-order valence-electron chi connectivity index (χ0n) is 15.6. The van der Waals surface area contributed by atoms with Gasteiger partial charge < -0.3 is 40.4 Å². The second-order valence-electron chi connectivity index (χ2n) is 6.55. The van der Waals surface area contributed by atoms with Gasteiger partial charge in [0.2, 0.25) is 0 Å². The van der Waals surface area contributed by atoms with E-state index in [9.17, 15) is 25.2 Å². The predicted octanol–water partition coefficient (Wildman–Crippen LogP) is -2.00. The molecule has 0 bridgehead atoms. The third-order valence-corrected chi connectivity index (χ3v) is 4.57. The molecule has 12 heteroatoms. The number of ether oxygens (including phenoxy) is 3. The van der Waals surface area contributed by atoms with Gasteiger partial charge in [-0.2, -0.15) is 0 Å². The van der Waals surface area contributed by atoms with E-state index in [-0.39, 0.29) is 6.61 Å². The molecule has 0 saturated carbocycles. The number of rotatable bonds is 11. The van der Waals surface area contributed by atoms with Gasteiger partial charge in [0.15, 0.2) is 12.3 Å². The van der Waals surface area contributed by atoms with Gasteiger partial charge in [0, 0.05) is 7.11 Å². The number of hydrogen-bond acceptors (Lipinski definition) is 10. The molecule has 2 heterocycles. The van der Waals surface area contributed by atoms with E-state index in [1.807, 2.05) is 0 Å². The lowest BCUT2D eigenvalue weighted by Gasteiger charge is -2.41. The van der Waals surface area contributed by atoms with Crippen molar-refractivity contribution in [2.45, 2.75) is 62.6 Å². The van der Waals surface area contributed by atoms with Gasteiger partial charge in [-0.15, -0.1) is 5.10 Å². The molecule has 1 saturated heterocycles. The lowest BCUT2D eigenvalue weighted by Crippen LogP contribution is -2.59. The van der Waals surface area contributed by atoms with E-state index in [2.05, 4.69) is 10.3 Å². The Morgan fingerprint density at radius 3 is 2.75 bits per heavy atom. The molecule has 6 atom stereocenters. The SMILES string of the molecule is CO[C@H]1O[C@H](CO)[C@H](O)[C@H](OCc2cn([C@@H](CCCCN)C(=O)O)nn2)[C@H]1O. The largest absolute Gasteiger partial charge is 0.480 e. The highest BCUT2D eigenvalue weighted by Crippen LogP contribution is 2.25. The molecule has 0 unspecified atom stereocenters. The van der Waals surface area contributed by atoms with Crippen molar-refractivity contribution in [3.63, 3.8) is 0 Å². The van der Waals surface area contributed by atoms with E-state index in [1.54, 1.807) is 0 Å². The fraction of sp³-hybridized carbons (Fsp3) is 0.812. The van der Waals surface area contributed by atoms with Gasteiger partial charge in [-0.3, -0.25) is 0 Å². The van der Waals surface area contributed by atoms with Crippen LogP contribution in [0, 0.1) is 0 Å². The summed E-state index contributed by atoms with van der Waals surface area (Å²) in [6, 6.07) is -0.872. The zero-order valence-corrected chi connectivity index (χ0v) is 15.6. The van der Waals surface area contributed by atoms with Crippen LogP contribution < -0.4 is 5.73 Å². The standard InChI is InChI=1S/C16H28N4O8/c1-26-16-13(23)14(12(22)11(7-21)28-16)27-8-9-6-20(19-18-9)10(15(24)25)4-2-3-5-17/h6,10-14,16,21-23H,2-5,7-8,17H2,1H3,(H,24,25)/t10-,11+,12-,13+,14-,16-/m0/s1. The van der Waals surface area contributed by atoms with Crippen molar-refractivity contribution in [1.82, 2.24) is 15.0 Å². The van der Waals surface area contributed by atoms with Crippen molar-refractivity contribution in [2.24, 2.45) is 5.73 Å². The third-order valence-electron chi connectivity index (χ3n) is 4.57. The first kappa shape index (κ1) is 22.6. The second kappa shape index (κ2) is 10.8. The first-order chi connectivity index (χ1) is 13.4. The van der Waals surface area contributed by atoms with Crippen molar-refractivity contribution in [1.29, 1.82) is 0 Å². The molecule has 2 rings (SSSR count). The first-order valence-corrected chi connectivity index (χ1v) is 9.03. The lowest BCUT2D eigenvalue weighted by atomic mass is 9.99. The van der Waals surface area contributed by atoms with E-state index >= 15 is 0 Å². The molecule has 1 aliphatic heterocycles. The Hall–Kier alpha value is -1.67. The number of methoxy groups -OCH3 is 1. The Balaban J connectivity index is 2.01. The van der Waals surface area contributed by atoms with Gasteiger partial charge >= 0.3 is 5.97 Å². The fourth-order valence-corrected chi connectivity index (χ4v) is 3.01. The van der Waals surface area contributed by atoms with Gasteiger partial charge in [-0.05, 0) is 25.8 Å². The maximum atomic E-state index is 11.5. The summed E-state index contributed by atoms with van der Waals surface area (Å²) in [5.74, 6) is -1.03. The van der Waals surface area contributed by atoms with Crippen LogP contribution in [0.15, 0.2) is 6.20 Å². The summed E-state index contributed by atoms with van der Waals surface area (Å²) >= 11 is 0. The summed E-state index contributed by atoms with van der Waals surface area (Å²) in [5, 5.41) is 46.9. The Kier molecular flexibility index (Phi) is 8.69. The van der Waals surface area contributed by atoms with Crippen LogP contribution in [0.3, 0.4) is 0 Å². The maximum Gasteiger partial charge on any atom is 0.328 e. The number of aliphatic carboxylic acids is 1. The van der Waals surface area contributed by atoms with Gasteiger partial charge in [0.25, 0.3) is 0 Å². The molecule has 1 aromatic heterocycles. The van der Waals surface area contributed by atoms with E-state index in [4.69, 9.17) is 19.9 Å². The third kappa shape index (κ3) is 5.44. The molecule has 6 N–H and O–H groups in total. The molecule has 0 amide bonds. The molecule has 1 aliphatic rings. The first-order valence-electron chi connectivity index (χ1n) is 9.03. The lowest BCUT2D eigenvalue weighted by molar-refractivity contribution is -0.303. The van der Waals surface area contributed by atoms with Crippen molar-refractivity contribution in [3.05, 3.63) is 11.9 Å². The molecular weight excluding hydrogens is 376 g/mol. The molecule has 28 heavy (non-hydrogen) atoms. The Morgan fingerprint density at radius 2 is 2.14 bits per heavy atom. The number of unbranched alkanes of at least 4 members (excludes halogenated alkanes) is 1. The maximum absolute atomic E-state index is 11.5. The number of carboxylic acids is 1. The average Bonchev–Trinajstić information content (AvgIpc) is 3.13. The molecule has 0 aliphatic carbocycles.